The van der Waals surface area contributed by atoms with E-state index in [0.29, 0.717) is 23.2 Å². The Hall–Kier alpha value is -1.98. The van der Waals surface area contributed by atoms with E-state index in [1.165, 1.54) is 7.11 Å². The van der Waals surface area contributed by atoms with Crippen molar-refractivity contribution in [2.24, 2.45) is 10.7 Å². The molecule has 0 saturated carbocycles. The van der Waals surface area contributed by atoms with Crippen LogP contribution in [0.25, 0.3) is 0 Å². The van der Waals surface area contributed by atoms with Crippen molar-refractivity contribution >= 4 is 11.7 Å². The van der Waals surface area contributed by atoms with Crippen molar-refractivity contribution in [1.29, 1.82) is 0 Å². The lowest BCUT2D eigenvalue weighted by atomic mass is 10.1. The quantitative estimate of drug-likeness (QED) is 0.614. The van der Waals surface area contributed by atoms with Crippen LogP contribution in [-0.4, -0.2) is 22.6 Å². The Kier molecular flexibility index (Phi) is 4.00. The molecule has 0 aromatic carbocycles. The molecule has 0 atom stereocenters. The fraction of sp³-hybridized carbons (Fsp3) is 0.500. The predicted octanol–water partition coefficient (Wildman–Crippen LogP) is 1.43. The summed E-state index contributed by atoms with van der Waals surface area (Å²) in [5.41, 5.74) is 12.1. The number of nitrogen functional groups attached to an aromatic ring is 1. The number of rotatable bonds is 2. The first kappa shape index (κ1) is 14.1. The molecule has 0 bridgehead atoms. The Bertz CT molecular complexity index is 479. The summed E-state index contributed by atoms with van der Waals surface area (Å²) in [5.74, 6) is 1.18. The number of imidazole rings is 1. The van der Waals surface area contributed by atoms with E-state index in [1.807, 2.05) is 25.3 Å². The van der Waals surface area contributed by atoms with Crippen LogP contribution < -0.4 is 11.5 Å². The molecule has 0 aliphatic rings. The maximum Gasteiger partial charge on any atom is 0.245 e. The molecular formula is C12H21N5O. The van der Waals surface area contributed by atoms with E-state index in [9.17, 15) is 0 Å². The highest BCUT2D eigenvalue weighted by Crippen LogP contribution is 2.22. The van der Waals surface area contributed by atoms with Crippen LogP contribution >= 0.6 is 0 Å². The van der Waals surface area contributed by atoms with Gasteiger partial charge in [-0.3, -0.25) is 0 Å². The van der Waals surface area contributed by atoms with Gasteiger partial charge in [0.25, 0.3) is 0 Å². The van der Waals surface area contributed by atoms with E-state index >= 15 is 0 Å². The van der Waals surface area contributed by atoms with Crippen LogP contribution in [0.1, 0.15) is 33.4 Å². The largest absolute Gasteiger partial charge is 0.479 e. The number of hydrogen-bond acceptors (Lipinski definition) is 5. The highest BCUT2D eigenvalue weighted by Gasteiger charge is 2.21. The van der Waals surface area contributed by atoms with Crippen LogP contribution in [-0.2, 0) is 10.3 Å². The zero-order chi connectivity index (χ0) is 13.9. The SMILES string of the molecule is C/C=C(/N)N=C(OC)c1ncn(C(C)(C)C)c1N. The van der Waals surface area contributed by atoms with Gasteiger partial charge in [0, 0.05) is 5.54 Å². The van der Waals surface area contributed by atoms with Crippen LogP contribution in [0.4, 0.5) is 5.82 Å². The molecule has 0 fully saturated rings. The van der Waals surface area contributed by atoms with Crippen LogP contribution in [0, 0.1) is 0 Å². The van der Waals surface area contributed by atoms with Gasteiger partial charge in [-0.2, -0.15) is 4.99 Å². The molecule has 6 nitrogen and oxygen atoms in total. The number of nitrogens with zero attached hydrogens (tertiary/aromatic N) is 3. The Balaban J connectivity index is 3.26. The van der Waals surface area contributed by atoms with Gasteiger partial charge < -0.3 is 20.8 Å². The highest BCUT2D eigenvalue weighted by atomic mass is 16.5. The summed E-state index contributed by atoms with van der Waals surface area (Å²) in [7, 11) is 1.51. The number of aliphatic imine (C=N–C) groups is 1. The molecule has 0 saturated heterocycles. The second-order valence-electron chi connectivity index (χ2n) is 4.85. The van der Waals surface area contributed by atoms with Gasteiger partial charge in [-0.15, -0.1) is 0 Å². The summed E-state index contributed by atoms with van der Waals surface area (Å²) in [4.78, 5) is 8.36. The number of nitrogens with two attached hydrogens (primary N) is 2. The lowest BCUT2D eigenvalue weighted by Crippen LogP contribution is -2.23. The molecular weight excluding hydrogens is 230 g/mol. The van der Waals surface area contributed by atoms with Crippen LogP contribution in [0.3, 0.4) is 0 Å². The molecule has 1 rings (SSSR count). The third kappa shape index (κ3) is 2.82. The van der Waals surface area contributed by atoms with Crippen LogP contribution in [0.2, 0.25) is 0 Å². The maximum atomic E-state index is 6.06. The second kappa shape index (κ2) is 5.12. The standard InChI is InChI=1S/C12H21N5O/c1-6-8(13)16-11(18-5)9-10(14)17(7-15-9)12(2,3)4/h6-7H,13-14H2,1-5H3/b8-6-,16-11?. The molecule has 4 N–H and O–H groups in total. The summed E-state index contributed by atoms with van der Waals surface area (Å²) in [6, 6.07) is 0. The van der Waals surface area contributed by atoms with E-state index in [1.54, 1.807) is 19.3 Å². The topological polar surface area (TPSA) is 91.5 Å². The highest BCUT2D eigenvalue weighted by molar-refractivity contribution is 5.97. The van der Waals surface area contributed by atoms with Gasteiger partial charge in [-0.05, 0) is 33.8 Å². The molecule has 100 valence electrons. The fourth-order valence-corrected chi connectivity index (χ4v) is 1.43. The average Bonchev–Trinajstić information content (AvgIpc) is 2.67. The van der Waals surface area contributed by atoms with E-state index in [0.717, 1.165) is 0 Å². The predicted molar refractivity (Wildman–Crippen MR) is 73.1 cm³/mol. The molecule has 1 aromatic heterocycles. The minimum absolute atomic E-state index is 0.152. The second-order valence-corrected chi connectivity index (χ2v) is 4.85. The van der Waals surface area contributed by atoms with Gasteiger partial charge >= 0.3 is 0 Å². The van der Waals surface area contributed by atoms with E-state index in [2.05, 4.69) is 9.98 Å². The molecule has 0 amide bonds. The number of anilines is 1. The summed E-state index contributed by atoms with van der Waals surface area (Å²) in [6.45, 7) is 7.92. The number of ether oxygens (including phenoxy) is 1. The van der Waals surface area contributed by atoms with Gasteiger partial charge in [0.2, 0.25) is 5.90 Å². The first-order valence-electron chi connectivity index (χ1n) is 5.69. The monoisotopic (exact) mass is 251 g/mol. The molecule has 0 aliphatic carbocycles. The third-order valence-corrected chi connectivity index (χ3v) is 2.45. The lowest BCUT2D eigenvalue weighted by Gasteiger charge is -2.22. The van der Waals surface area contributed by atoms with Gasteiger partial charge in [0.05, 0.1) is 13.4 Å². The van der Waals surface area contributed by atoms with E-state index in [-0.39, 0.29) is 5.54 Å². The number of methoxy groups -OCH3 is 1. The first-order chi connectivity index (χ1) is 8.31. The molecule has 18 heavy (non-hydrogen) atoms. The minimum Gasteiger partial charge on any atom is -0.479 e. The fourth-order valence-electron chi connectivity index (χ4n) is 1.43. The van der Waals surface area contributed by atoms with Crippen molar-refractivity contribution in [1.82, 2.24) is 9.55 Å². The zero-order valence-corrected chi connectivity index (χ0v) is 11.6. The molecule has 0 radical (unpaired) electrons. The Morgan fingerprint density at radius 3 is 2.50 bits per heavy atom. The molecule has 0 unspecified atom stereocenters. The lowest BCUT2D eigenvalue weighted by molar-refractivity contribution is 0.399. The number of allylic oxidation sites excluding steroid dienone is 1. The Labute approximate surface area is 107 Å². The van der Waals surface area contributed by atoms with E-state index in [4.69, 9.17) is 16.2 Å². The zero-order valence-electron chi connectivity index (χ0n) is 11.6. The van der Waals surface area contributed by atoms with Crippen molar-refractivity contribution in [3.05, 3.63) is 23.9 Å². The van der Waals surface area contributed by atoms with Gasteiger partial charge in [-0.1, -0.05) is 0 Å². The summed E-state index contributed by atoms with van der Waals surface area (Å²) < 4.78 is 7.05. The van der Waals surface area contributed by atoms with Crippen molar-refractivity contribution in [2.45, 2.75) is 33.2 Å². The van der Waals surface area contributed by atoms with Crippen LogP contribution in [0.5, 0.6) is 0 Å². The van der Waals surface area contributed by atoms with Crippen molar-refractivity contribution < 1.29 is 4.74 Å². The van der Waals surface area contributed by atoms with Crippen molar-refractivity contribution in [2.75, 3.05) is 12.8 Å². The summed E-state index contributed by atoms with van der Waals surface area (Å²) in [6.07, 6.45) is 3.35. The number of hydrogen-bond donors (Lipinski definition) is 2. The van der Waals surface area contributed by atoms with Crippen molar-refractivity contribution in [3.63, 3.8) is 0 Å². The summed E-state index contributed by atoms with van der Waals surface area (Å²) in [5, 5.41) is 0. The Morgan fingerprint density at radius 1 is 1.50 bits per heavy atom. The van der Waals surface area contributed by atoms with Gasteiger partial charge in [-0.25, -0.2) is 4.98 Å². The third-order valence-electron chi connectivity index (χ3n) is 2.45. The number of aromatic nitrogens is 2. The maximum absolute atomic E-state index is 6.06. The minimum atomic E-state index is -0.152. The summed E-state index contributed by atoms with van der Waals surface area (Å²) >= 11 is 0. The normalized spacial score (nSPS) is 13.8. The Morgan fingerprint density at radius 2 is 2.11 bits per heavy atom. The van der Waals surface area contributed by atoms with Crippen LogP contribution in [0.15, 0.2) is 23.2 Å². The first-order valence-corrected chi connectivity index (χ1v) is 5.69. The molecule has 0 spiro atoms. The van der Waals surface area contributed by atoms with Crippen molar-refractivity contribution in [3.8, 4) is 0 Å². The molecule has 1 aromatic rings. The average molecular weight is 251 g/mol. The molecule has 0 aliphatic heterocycles. The van der Waals surface area contributed by atoms with Gasteiger partial charge in [0.1, 0.15) is 11.6 Å². The smallest absolute Gasteiger partial charge is 0.245 e. The van der Waals surface area contributed by atoms with Gasteiger partial charge in [0.15, 0.2) is 5.69 Å². The van der Waals surface area contributed by atoms with E-state index < -0.39 is 0 Å². The molecule has 1 heterocycles. The molecule has 6 heteroatoms.